The maximum absolute atomic E-state index is 12.6. The van der Waals surface area contributed by atoms with Crippen molar-refractivity contribution in [3.63, 3.8) is 0 Å². The highest BCUT2D eigenvalue weighted by Gasteiger charge is 2.25. The predicted molar refractivity (Wildman–Crippen MR) is 138 cm³/mol. The van der Waals surface area contributed by atoms with Gasteiger partial charge in [0.25, 0.3) is 5.91 Å². The number of hydrogen-bond acceptors (Lipinski definition) is 7. The van der Waals surface area contributed by atoms with Crippen molar-refractivity contribution in [2.45, 2.75) is 42.5 Å². The van der Waals surface area contributed by atoms with Gasteiger partial charge >= 0.3 is 0 Å². The Labute approximate surface area is 211 Å². The smallest absolute Gasteiger partial charge is 0.273 e. The van der Waals surface area contributed by atoms with Crippen LogP contribution in [-0.2, 0) is 7.05 Å². The highest BCUT2D eigenvalue weighted by Crippen LogP contribution is 2.39. The van der Waals surface area contributed by atoms with Crippen LogP contribution in [0.1, 0.15) is 46.3 Å². The first-order valence-electron chi connectivity index (χ1n) is 11.7. The van der Waals surface area contributed by atoms with Gasteiger partial charge in [0.05, 0.1) is 11.4 Å². The van der Waals surface area contributed by atoms with E-state index in [4.69, 9.17) is 4.98 Å². The Morgan fingerprint density at radius 1 is 1.08 bits per heavy atom. The van der Waals surface area contributed by atoms with Crippen LogP contribution in [0, 0.1) is 13.8 Å². The number of nitrogens with zero attached hydrogens (tertiary/aromatic N) is 6. The van der Waals surface area contributed by atoms with Crippen LogP contribution < -0.4 is 10.6 Å². The molecule has 1 fully saturated rings. The van der Waals surface area contributed by atoms with Crippen LogP contribution in [-0.4, -0.2) is 40.3 Å². The molecule has 3 N–H and O–H groups in total. The number of carbonyl (C=O) groups excluding carboxylic acids is 1. The standard InChI is InChI=1S/C25H25N9OS/c1-14-10-20(33(3)32-14)24(35)27-17-6-8-18(9-7-17)36-23-12-22-26-15(2)13-34(22)25(29-23)28-21-11-19(30-31-21)16-4-5-16/h6-13,16H,4-5H2,1-3H3,(H,27,35)(H2,28,29,30,31). The summed E-state index contributed by atoms with van der Waals surface area (Å²) >= 11 is 1.53. The van der Waals surface area contributed by atoms with Crippen LogP contribution in [0.15, 0.2) is 58.6 Å². The summed E-state index contributed by atoms with van der Waals surface area (Å²) in [6.45, 7) is 3.82. The Balaban J connectivity index is 1.20. The molecule has 0 radical (unpaired) electrons. The van der Waals surface area contributed by atoms with Crippen LogP contribution in [0.5, 0.6) is 0 Å². The minimum absolute atomic E-state index is 0.195. The highest BCUT2D eigenvalue weighted by molar-refractivity contribution is 7.99. The van der Waals surface area contributed by atoms with Gasteiger partial charge in [0.2, 0.25) is 5.95 Å². The first kappa shape index (κ1) is 22.4. The van der Waals surface area contributed by atoms with Crippen LogP contribution in [0.4, 0.5) is 17.5 Å². The van der Waals surface area contributed by atoms with Gasteiger partial charge in [-0.25, -0.2) is 9.97 Å². The summed E-state index contributed by atoms with van der Waals surface area (Å²) in [5.41, 5.74) is 4.90. The Bertz CT molecular complexity index is 1580. The van der Waals surface area contributed by atoms with Gasteiger partial charge in [-0.05, 0) is 57.0 Å². The molecule has 4 heterocycles. The fourth-order valence-electron chi connectivity index (χ4n) is 4.09. The monoisotopic (exact) mass is 499 g/mol. The SMILES string of the molecule is Cc1cn2c(Nc3cc(C4CC4)[nH]n3)nc(Sc3ccc(NC(=O)c4cc(C)nn4C)cc3)cc2n1. The second-order valence-electron chi connectivity index (χ2n) is 9.01. The zero-order valence-electron chi connectivity index (χ0n) is 20.1. The number of benzene rings is 1. The number of amides is 1. The summed E-state index contributed by atoms with van der Waals surface area (Å²) < 4.78 is 3.51. The Morgan fingerprint density at radius 2 is 1.89 bits per heavy atom. The normalized spacial score (nSPS) is 13.3. The molecule has 0 unspecified atom stereocenters. The number of aromatic amines is 1. The molecule has 1 aliphatic rings. The van der Waals surface area contributed by atoms with Crippen LogP contribution in [0.25, 0.3) is 5.65 Å². The largest absolute Gasteiger partial charge is 0.321 e. The number of anilines is 3. The lowest BCUT2D eigenvalue weighted by atomic mass is 10.3. The summed E-state index contributed by atoms with van der Waals surface area (Å²) in [5.74, 6) is 1.79. The summed E-state index contributed by atoms with van der Waals surface area (Å²) in [4.78, 5) is 23.0. The number of nitrogens with one attached hydrogen (secondary N) is 3. The molecular weight excluding hydrogens is 474 g/mol. The number of imidazole rings is 1. The van der Waals surface area contributed by atoms with Gasteiger partial charge in [0.15, 0.2) is 5.82 Å². The van der Waals surface area contributed by atoms with Gasteiger partial charge < -0.3 is 10.6 Å². The van der Waals surface area contributed by atoms with Crippen molar-refractivity contribution in [1.82, 2.24) is 34.3 Å². The van der Waals surface area contributed by atoms with E-state index in [2.05, 4.69) is 37.0 Å². The molecule has 5 aromatic rings. The van der Waals surface area contributed by atoms with E-state index in [0.29, 0.717) is 23.2 Å². The average molecular weight is 500 g/mol. The topological polar surface area (TPSA) is 118 Å². The molecule has 0 saturated heterocycles. The number of carbonyl (C=O) groups is 1. The number of aryl methyl sites for hydroxylation is 3. The molecule has 0 atom stereocenters. The molecule has 1 saturated carbocycles. The van der Waals surface area contributed by atoms with Crippen molar-refractivity contribution >= 4 is 40.8 Å². The molecule has 10 nitrogen and oxygen atoms in total. The molecule has 36 heavy (non-hydrogen) atoms. The Hall–Kier alpha value is -4.12. The van der Waals surface area contributed by atoms with Crippen molar-refractivity contribution < 1.29 is 4.79 Å². The van der Waals surface area contributed by atoms with E-state index in [-0.39, 0.29) is 5.91 Å². The van der Waals surface area contributed by atoms with Crippen molar-refractivity contribution in [2.75, 3.05) is 10.6 Å². The van der Waals surface area contributed by atoms with Gasteiger partial charge in [-0.15, -0.1) is 0 Å². The van der Waals surface area contributed by atoms with E-state index in [1.54, 1.807) is 17.8 Å². The molecule has 0 aliphatic heterocycles. The van der Waals surface area contributed by atoms with Crippen molar-refractivity contribution in [3.8, 4) is 0 Å². The summed E-state index contributed by atoms with van der Waals surface area (Å²) in [5, 5.41) is 18.8. The van der Waals surface area contributed by atoms with Crippen molar-refractivity contribution in [2.24, 2.45) is 7.05 Å². The molecule has 0 spiro atoms. The van der Waals surface area contributed by atoms with E-state index in [1.807, 2.05) is 54.8 Å². The quantitative estimate of drug-likeness (QED) is 0.275. The molecule has 1 amide bonds. The number of rotatable bonds is 7. The fraction of sp³-hybridized carbons (Fsp3) is 0.240. The molecule has 4 aromatic heterocycles. The number of fused-ring (bicyclic) bond motifs is 1. The molecule has 0 bridgehead atoms. The van der Waals surface area contributed by atoms with Gasteiger partial charge in [0, 0.05) is 47.6 Å². The summed E-state index contributed by atoms with van der Waals surface area (Å²) in [6, 6.07) is 13.5. The van der Waals surface area contributed by atoms with E-state index in [0.717, 1.165) is 38.5 Å². The maximum atomic E-state index is 12.6. The lowest BCUT2D eigenvalue weighted by Crippen LogP contribution is -2.15. The third-order valence-electron chi connectivity index (χ3n) is 5.97. The molecular formula is C25H25N9OS. The summed E-state index contributed by atoms with van der Waals surface area (Å²) in [6.07, 6.45) is 4.37. The van der Waals surface area contributed by atoms with Crippen molar-refractivity contribution in [3.05, 3.63) is 71.4 Å². The molecule has 11 heteroatoms. The summed E-state index contributed by atoms with van der Waals surface area (Å²) in [7, 11) is 1.76. The first-order valence-corrected chi connectivity index (χ1v) is 12.5. The Kier molecular flexibility index (Phi) is 5.48. The van der Waals surface area contributed by atoms with Gasteiger partial charge in [0.1, 0.15) is 16.4 Å². The van der Waals surface area contributed by atoms with Crippen LogP contribution in [0.3, 0.4) is 0 Å². The minimum atomic E-state index is -0.195. The molecule has 6 rings (SSSR count). The predicted octanol–water partition coefficient (Wildman–Crippen LogP) is 4.83. The zero-order valence-corrected chi connectivity index (χ0v) is 20.9. The van der Waals surface area contributed by atoms with E-state index >= 15 is 0 Å². The van der Waals surface area contributed by atoms with Gasteiger partial charge in [-0.1, -0.05) is 11.8 Å². The second-order valence-corrected chi connectivity index (χ2v) is 10.1. The minimum Gasteiger partial charge on any atom is -0.321 e. The lowest BCUT2D eigenvalue weighted by Gasteiger charge is -2.09. The second kappa shape index (κ2) is 8.83. The molecule has 1 aromatic carbocycles. The maximum Gasteiger partial charge on any atom is 0.273 e. The molecule has 182 valence electrons. The Morgan fingerprint density at radius 3 is 2.61 bits per heavy atom. The molecule has 1 aliphatic carbocycles. The van der Waals surface area contributed by atoms with Gasteiger partial charge in [-0.3, -0.25) is 19.0 Å². The van der Waals surface area contributed by atoms with E-state index in [1.165, 1.54) is 24.6 Å². The van der Waals surface area contributed by atoms with Gasteiger partial charge in [-0.2, -0.15) is 10.2 Å². The number of aromatic nitrogens is 7. The van der Waals surface area contributed by atoms with E-state index in [9.17, 15) is 4.79 Å². The van der Waals surface area contributed by atoms with Crippen LogP contribution >= 0.6 is 11.8 Å². The third kappa shape index (κ3) is 4.57. The number of hydrogen-bond donors (Lipinski definition) is 3. The van der Waals surface area contributed by atoms with Crippen molar-refractivity contribution in [1.29, 1.82) is 0 Å². The number of H-pyrrole nitrogens is 1. The third-order valence-corrected chi connectivity index (χ3v) is 6.90. The average Bonchev–Trinajstić information content (AvgIpc) is 3.31. The first-order chi connectivity index (χ1) is 17.4. The van der Waals surface area contributed by atoms with Crippen LogP contribution in [0.2, 0.25) is 0 Å². The lowest BCUT2D eigenvalue weighted by molar-refractivity contribution is 0.101. The fourth-order valence-corrected chi connectivity index (χ4v) is 4.90. The van der Waals surface area contributed by atoms with E-state index < -0.39 is 0 Å². The highest BCUT2D eigenvalue weighted by atomic mass is 32.2. The zero-order chi connectivity index (χ0) is 24.8.